The van der Waals surface area contributed by atoms with Crippen molar-refractivity contribution < 1.29 is 55.3 Å². The third-order valence-corrected chi connectivity index (χ3v) is 9.08. The van der Waals surface area contributed by atoms with Crippen molar-refractivity contribution in [2.24, 2.45) is 0 Å². The Bertz CT molecular complexity index is 1710. The molecule has 3 saturated heterocycles. The fourth-order valence-electron chi connectivity index (χ4n) is 5.13. The Morgan fingerprint density at radius 1 is 0.717 bits per heavy atom. The van der Waals surface area contributed by atoms with Crippen molar-refractivity contribution >= 4 is 49.6 Å². The third-order valence-electron chi connectivity index (χ3n) is 7.15. The summed E-state index contributed by atoms with van der Waals surface area (Å²) in [6, 6.07) is 0. The lowest BCUT2D eigenvalue weighted by molar-refractivity contribution is -0.237. The summed E-state index contributed by atoms with van der Waals surface area (Å²) in [5.74, 6) is -0.0643. The zero-order valence-electron chi connectivity index (χ0n) is 23.8. The molecule has 4 bridgehead atoms. The number of nitrogens with zero attached hydrogens (tertiary/aromatic N) is 8. The molecule has 3 aliphatic heterocycles. The predicted octanol–water partition coefficient (Wildman–Crippen LogP) is -0.192. The van der Waals surface area contributed by atoms with Crippen LogP contribution in [0.3, 0.4) is 0 Å². The number of aromatic nitrogens is 8. The van der Waals surface area contributed by atoms with Crippen molar-refractivity contribution in [1.82, 2.24) is 51.3 Å². The summed E-state index contributed by atoms with van der Waals surface area (Å²) in [6.07, 6.45) is -10.8. The largest absolute Gasteiger partial charge is 0.756 e. The fraction of sp³-hybridized carbons (Fsp3) is 0.500. The maximum absolute atomic E-state index is 15.7. The van der Waals surface area contributed by atoms with Crippen LogP contribution in [0.4, 0.5) is 20.4 Å². The molecule has 46 heavy (non-hydrogen) atoms. The maximum Gasteiger partial charge on any atom is 0.268 e. The third kappa shape index (κ3) is 5.83. The van der Waals surface area contributed by atoms with Gasteiger partial charge in [-0.1, -0.05) is 0 Å². The smallest absolute Gasteiger partial charge is 0.268 e. The minimum absolute atomic E-state index is 0. The molecule has 252 valence electrons. The first kappa shape index (κ1) is 34.0. The molecule has 7 heterocycles. The van der Waals surface area contributed by atoms with Gasteiger partial charge in [-0.25, -0.2) is 38.7 Å². The van der Waals surface area contributed by atoms with E-state index >= 15 is 8.78 Å². The number of nitrogen functional groups attached to an aromatic ring is 2. The highest BCUT2D eigenvalue weighted by Crippen LogP contribution is 2.51. The normalized spacial score (nSPS) is 36.6. The van der Waals surface area contributed by atoms with Crippen LogP contribution >= 0.6 is 15.6 Å². The van der Waals surface area contributed by atoms with E-state index in [1.165, 1.54) is 0 Å². The molecule has 12 N–H and O–H groups in total. The second-order valence-electron chi connectivity index (χ2n) is 9.81. The van der Waals surface area contributed by atoms with Crippen molar-refractivity contribution in [1.29, 1.82) is 0 Å². The molecular weight excluding hydrogens is 668 g/mol. The summed E-state index contributed by atoms with van der Waals surface area (Å²) in [5, 5.41) is 0. The molecule has 0 aromatic carbocycles. The first-order chi connectivity index (χ1) is 20.9. The van der Waals surface area contributed by atoms with Crippen molar-refractivity contribution in [3.8, 4) is 0 Å². The number of quaternary nitrogens is 2. The summed E-state index contributed by atoms with van der Waals surface area (Å²) < 4.78 is 90.6. The van der Waals surface area contributed by atoms with Crippen LogP contribution < -0.4 is 33.6 Å². The topological polar surface area (TPSA) is 348 Å². The van der Waals surface area contributed by atoms with Gasteiger partial charge in [-0.15, -0.1) is 0 Å². The first-order valence-electron chi connectivity index (χ1n) is 12.7. The van der Waals surface area contributed by atoms with Gasteiger partial charge in [-0.05, 0) is 0 Å². The first-order valence-corrected chi connectivity index (χ1v) is 15.6. The zero-order chi connectivity index (χ0) is 31.0. The molecule has 3 fully saturated rings. The van der Waals surface area contributed by atoms with Gasteiger partial charge in [0.1, 0.15) is 48.1 Å². The second kappa shape index (κ2) is 12.3. The molecule has 26 heteroatoms. The van der Waals surface area contributed by atoms with E-state index in [0.717, 1.165) is 34.4 Å². The molecule has 10 atom stereocenters. The summed E-state index contributed by atoms with van der Waals surface area (Å²) in [4.78, 5) is 49.6. The Morgan fingerprint density at radius 2 is 1.11 bits per heavy atom. The van der Waals surface area contributed by atoms with E-state index < -0.39 is 78.1 Å². The number of imidazole rings is 2. The maximum atomic E-state index is 15.7. The van der Waals surface area contributed by atoms with Crippen LogP contribution in [0.15, 0.2) is 25.3 Å². The van der Waals surface area contributed by atoms with Crippen molar-refractivity contribution in [3.05, 3.63) is 25.3 Å². The molecule has 0 radical (unpaired) electrons. The average molecular weight is 696 g/mol. The number of anilines is 2. The number of halogens is 2. The van der Waals surface area contributed by atoms with Crippen LogP contribution in [0, 0.1) is 0 Å². The predicted molar refractivity (Wildman–Crippen MR) is 146 cm³/mol. The van der Waals surface area contributed by atoms with E-state index in [9.17, 15) is 18.9 Å². The minimum Gasteiger partial charge on any atom is -0.756 e. The van der Waals surface area contributed by atoms with Gasteiger partial charge in [0.15, 0.2) is 47.7 Å². The van der Waals surface area contributed by atoms with Crippen LogP contribution in [0.1, 0.15) is 12.5 Å². The lowest BCUT2D eigenvalue weighted by Crippen LogP contribution is -2.36. The summed E-state index contributed by atoms with van der Waals surface area (Å²) in [6.45, 7) is -2.05. The number of hydrogen-bond acceptors (Lipinski definition) is 18. The molecule has 22 nitrogen and oxygen atoms in total. The summed E-state index contributed by atoms with van der Waals surface area (Å²) in [5.41, 5.74) is 11.8. The number of nitrogens with two attached hydrogens (primary N) is 2. The average Bonchev–Trinajstić information content (AvgIpc) is 3.73. The van der Waals surface area contributed by atoms with Gasteiger partial charge in [-0.2, -0.15) is 0 Å². The minimum atomic E-state index is -5.43. The van der Waals surface area contributed by atoms with Crippen molar-refractivity contribution in [2.45, 2.75) is 49.2 Å². The van der Waals surface area contributed by atoms with Crippen LogP contribution in [0.25, 0.3) is 22.3 Å². The second-order valence-corrected chi connectivity index (χ2v) is 12.5. The molecule has 3 unspecified atom stereocenters. The molecule has 0 aliphatic carbocycles. The number of phosphoric acid groups is 2. The molecule has 0 saturated carbocycles. The molecular formula is C20H28F2N12O10P2. The molecule has 0 spiro atoms. The number of fused-ring (bicyclic) bond motifs is 6. The van der Waals surface area contributed by atoms with E-state index in [4.69, 9.17) is 39.0 Å². The van der Waals surface area contributed by atoms with Crippen LogP contribution in [-0.4, -0.2) is 89.0 Å². The highest BCUT2D eigenvalue weighted by atomic mass is 31.2. The van der Waals surface area contributed by atoms with Gasteiger partial charge in [0.2, 0.25) is 0 Å². The SMILES string of the molecule is Nc1ncnc2c1ncn2C1O[C@@H]2COP(=O)([O-])O[C@@H]3[C@H](F)[C@@H](COP(=O)([O-])O[C@@H]1[C@@H]2F)O[C@H]3n1cnc2c(N)ncnc21.[NH4+].[NH4+]. The van der Waals surface area contributed by atoms with Gasteiger partial charge in [0.05, 0.1) is 25.9 Å². The summed E-state index contributed by atoms with van der Waals surface area (Å²) in [7, 11) is -10.9. The zero-order valence-corrected chi connectivity index (χ0v) is 25.6. The number of alkyl halides is 2. The van der Waals surface area contributed by atoms with E-state index in [-0.39, 0.29) is 46.3 Å². The Kier molecular flexibility index (Phi) is 9.11. The molecule has 7 rings (SSSR count). The molecule has 0 amide bonds. The quantitative estimate of drug-likeness (QED) is 0.197. The monoisotopic (exact) mass is 696 g/mol. The standard InChI is InChI=1S/C20H22F2N10O10P2.2H3N/c21-9-7-1-37-43(33,34)41-14-10(22)8(40-20(14)32-6-30-12-16(24)26-4-28-18(12)32)2-38-44(35,36)42-13(9)19(39-7)31-5-29-11-15(23)25-3-27-17(11)31;;/h3-10,13-14,19-20H,1-2H2,(H,33,34)(H,35,36)(H2,23,25,27)(H2,24,26,28);2*1H3/t7-,8-,9-,10-,13-,14-,19-,20?;;/m1../s1. The lowest BCUT2D eigenvalue weighted by atomic mass is 10.1. The molecule has 3 aliphatic rings. The highest BCUT2D eigenvalue weighted by Gasteiger charge is 2.53. The number of hydrogen-bond donors (Lipinski definition) is 4. The Balaban J connectivity index is 0.00000208. The number of phosphoric ester groups is 2. The van der Waals surface area contributed by atoms with Crippen LogP contribution in [-0.2, 0) is 36.7 Å². The van der Waals surface area contributed by atoms with E-state index in [2.05, 4.69) is 29.9 Å². The van der Waals surface area contributed by atoms with Gasteiger partial charge in [0.25, 0.3) is 15.6 Å². The van der Waals surface area contributed by atoms with E-state index in [1.54, 1.807) is 0 Å². The van der Waals surface area contributed by atoms with Gasteiger partial charge in [0, 0.05) is 0 Å². The van der Waals surface area contributed by atoms with Crippen molar-refractivity contribution in [2.75, 3.05) is 24.7 Å². The Hall–Kier alpha value is -3.38. The van der Waals surface area contributed by atoms with Crippen LogP contribution in [0.5, 0.6) is 0 Å². The Morgan fingerprint density at radius 3 is 1.50 bits per heavy atom. The number of ether oxygens (including phenoxy) is 2. The Labute approximate surface area is 255 Å². The summed E-state index contributed by atoms with van der Waals surface area (Å²) >= 11 is 0. The van der Waals surface area contributed by atoms with Crippen LogP contribution in [0.2, 0.25) is 0 Å². The van der Waals surface area contributed by atoms with Gasteiger partial charge >= 0.3 is 0 Å². The fourth-order valence-corrected chi connectivity index (χ4v) is 6.95. The van der Waals surface area contributed by atoms with E-state index in [1.807, 2.05) is 0 Å². The van der Waals surface area contributed by atoms with Gasteiger partial charge < -0.3 is 61.1 Å². The molecule has 4 aromatic rings. The molecule has 4 aromatic heterocycles. The van der Waals surface area contributed by atoms with E-state index in [0.29, 0.717) is 0 Å². The van der Waals surface area contributed by atoms with Gasteiger partial charge in [-0.3, -0.25) is 18.3 Å². The number of rotatable bonds is 2. The highest BCUT2D eigenvalue weighted by molar-refractivity contribution is 7.46. The lowest BCUT2D eigenvalue weighted by Gasteiger charge is -2.31. The van der Waals surface area contributed by atoms with Crippen molar-refractivity contribution in [3.63, 3.8) is 0 Å².